The summed E-state index contributed by atoms with van der Waals surface area (Å²) in [5.41, 5.74) is 0.579. The van der Waals surface area contributed by atoms with E-state index in [9.17, 15) is 4.39 Å². The number of benzene rings is 2. The molecule has 21 heavy (non-hydrogen) atoms. The van der Waals surface area contributed by atoms with Gasteiger partial charge in [0.25, 0.3) is 0 Å². The van der Waals surface area contributed by atoms with Crippen LogP contribution in [0, 0.1) is 5.82 Å². The predicted octanol–water partition coefficient (Wildman–Crippen LogP) is 0.813. The van der Waals surface area contributed by atoms with E-state index in [0.29, 0.717) is 22.8 Å². The maximum atomic E-state index is 13.4. The molecule has 0 bridgehead atoms. The molecule has 0 saturated heterocycles. The summed E-state index contributed by atoms with van der Waals surface area (Å²) >= 11 is 0. The average Bonchev–Trinajstić information content (AvgIpc) is 2.92. The fourth-order valence-corrected chi connectivity index (χ4v) is 2.04. The number of rotatable bonds is 4. The Balaban J connectivity index is 1.73. The first-order valence-electron chi connectivity index (χ1n) is 6.30. The molecule has 0 amide bonds. The fraction of sp³-hybridized carbons (Fsp3) is 0.143. The van der Waals surface area contributed by atoms with E-state index in [1.165, 1.54) is 12.1 Å². The number of hydrogen-bond donors (Lipinski definition) is 2. The molecule has 0 aliphatic carbocycles. The second-order valence-corrected chi connectivity index (χ2v) is 4.57. The highest BCUT2D eigenvalue weighted by Gasteiger charge is 2.15. The van der Waals surface area contributed by atoms with Gasteiger partial charge in [0.15, 0.2) is 11.5 Å². The molecule has 0 radical (unpaired) electrons. The zero-order chi connectivity index (χ0) is 14.8. The normalized spacial score (nSPS) is 12.3. The number of fused-ring (bicyclic) bond motifs is 1. The summed E-state index contributed by atoms with van der Waals surface area (Å²) in [5.74, 6) is 1.25. The van der Waals surface area contributed by atoms with E-state index in [2.05, 4.69) is 0 Å². The van der Waals surface area contributed by atoms with Crippen LogP contribution in [0.4, 0.5) is 4.39 Å². The smallest absolute Gasteiger partial charge is 0.488 e. The lowest BCUT2D eigenvalue weighted by atomic mass is 9.79. The number of halogens is 1. The largest absolute Gasteiger partial charge is 0.489 e. The highest BCUT2D eigenvalue weighted by Crippen LogP contribution is 2.35. The van der Waals surface area contributed by atoms with E-state index in [-0.39, 0.29) is 18.9 Å². The molecule has 5 nitrogen and oxygen atoms in total. The van der Waals surface area contributed by atoms with E-state index < -0.39 is 12.9 Å². The minimum atomic E-state index is -1.72. The van der Waals surface area contributed by atoms with Gasteiger partial charge in [0.1, 0.15) is 18.2 Å². The topological polar surface area (TPSA) is 68.2 Å². The predicted molar refractivity (Wildman–Crippen MR) is 73.1 cm³/mol. The van der Waals surface area contributed by atoms with Crippen LogP contribution < -0.4 is 19.7 Å². The SMILES string of the molecule is OB(O)c1cc(F)cc(COc2ccc3c(c2)OCO3)c1. The van der Waals surface area contributed by atoms with Crippen LogP contribution in [0.1, 0.15) is 5.56 Å². The monoisotopic (exact) mass is 290 g/mol. The van der Waals surface area contributed by atoms with Crippen LogP contribution >= 0.6 is 0 Å². The Hall–Kier alpha value is -2.25. The Bertz CT molecular complexity index is 662. The van der Waals surface area contributed by atoms with Crippen LogP contribution in [0.5, 0.6) is 17.2 Å². The molecule has 1 aliphatic rings. The van der Waals surface area contributed by atoms with Gasteiger partial charge < -0.3 is 24.3 Å². The maximum absolute atomic E-state index is 13.4. The lowest BCUT2D eigenvalue weighted by molar-refractivity contribution is 0.173. The summed E-state index contributed by atoms with van der Waals surface area (Å²) in [5, 5.41) is 18.2. The van der Waals surface area contributed by atoms with Crippen LogP contribution in [0.3, 0.4) is 0 Å². The van der Waals surface area contributed by atoms with Gasteiger partial charge in [-0.05, 0) is 35.3 Å². The van der Waals surface area contributed by atoms with Crippen LogP contribution in [-0.4, -0.2) is 24.0 Å². The molecular weight excluding hydrogens is 278 g/mol. The Labute approximate surface area is 120 Å². The minimum absolute atomic E-state index is 0.0827. The Morgan fingerprint density at radius 2 is 1.90 bits per heavy atom. The second-order valence-electron chi connectivity index (χ2n) is 4.57. The van der Waals surface area contributed by atoms with E-state index in [1.54, 1.807) is 18.2 Å². The van der Waals surface area contributed by atoms with Gasteiger partial charge in [0.2, 0.25) is 6.79 Å². The van der Waals surface area contributed by atoms with E-state index in [0.717, 1.165) is 6.07 Å². The van der Waals surface area contributed by atoms with Crippen molar-refractivity contribution in [3.8, 4) is 17.2 Å². The first-order valence-corrected chi connectivity index (χ1v) is 6.30. The van der Waals surface area contributed by atoms with Crippen molar-refractivity contribution in [2.45, 2.75) is 6.61 Å². The number of ether oxygens (including phenoxy) is 3. The standard InChI is InChI=1S/C14H12BFO5/c16-11-4-9(3-10(5-11)15(17)18)7-19-12-1-2-13-14(6-12)21-8-20-13/h1-6,17-18H,7-8H2. The third-order valence-corrected chi connectivity index (χ3v) is 3.03. The summed E-state index contributed by atoms with van der Waals surface area (Å²) in [4.78, 5) is 0. The van der Waals surface area contributed by atoms with Gasteiger partial charge in [-0.1, -0.05) is 6.07 Å². The molecule has 0 fully saturated rings. The lowest BCUT2D eigenvalue weighted by Gasteiger charge is -2.09. The van der Waals surface area contributed by atoms with Gasteiger partial charge in [-0.15, -0.1) is 0 Å². The summed E-state index contributed by atoms with van der Waals surface area (Å²) in [6.45, 7) is 0.275. The molecule has 1 aliphatic heterocycles. The van der Waals surface area contributed by atoms with Gasteiger partial charge in [-0.3, -0.25) is 0 Å². The van der Waals surface area contributed by atoms with E-state index in [4.69, 9.17) is 24.3 Å². The molecule has 7 heteroatoms. The van der Waals surface area contributed by atoms with Gasteiger partial charge in [0.05, 0.1) is 0 Å². The van der Waals surface area contributed by atoms with Crippen molar-refractivity contribution in [2.75, 3.05) is 6.79 Å². The van der Waals surface area contributed by atoms with Crippen molar-refractivity contribution in [1.82, 2.24) is 0 Å². The molecule has 2 N–H and O–H groups in total. The van der Waals surface area contributed by atoms with Crippen LogP contribution in [0.15, 0.2) is 36.4 Å². The molecular formula is C14H12BFO5. The fourth-order valence-electron chi connectivity index (χ4n) is 2.04. The van der Waals surface area contributed by atoms with Crippen molar-refractivity contribution >= 4 is 12.6 Å². The molecule has 3 rings (SSSR count). The Morgan fingerprint density at radius 3 is 2.71 bits per heavy atom. The van der Waals surface area contributed by atoms with E-state index >= 15 is 0 Å². The molecule has 2 aromatic carbocycles. The lowest BCUT2D eigenvalue weighted by Crippen LogP contribution is -2.30. The molecule has 0 aromatic heterocycles. The summed E-state index contributed by atoms with van der Waals surface area (Å²) in [7, 11) is -1.72. The van der Waals surface area contributed by atoms with Crippen molar-refractivity contribution in [3.63, 3.8) is 0 Å². The molecule has 108 valence electrons. The quantitative estimate of drug-likeness (QED) is 0.816. The molecule has 0 spiro atoms. The Kier molecular flexibility index (Phi) is 3.68. The van der Waals surface area contributed by atoms with Gasteiger partial charge in [0, 0.05) is 6.07 Å². The average molecular weight is 290 g/mol. The first-order chi connectivity index (χ1) is 10.1. The minimum Gasteiger partial charge on any atom is -0.489 e. The molecule has 2 aromatic rings. The summed E-state index contributed by atoms with van der Waals surface area (Å²) in [6.07, 6.45) is 0. The second kappa shape index (κ2) is 5.63. The zero-order valence-corrected chi connectivity index (χ0v) is 11.0. The van der Waals surface area contributed by atoms with Crippen molar-refractivity contribution in [3.05, 3.63) is 47.8 Å². The Morgan fingerprint density at radius 1 is 1.10 bits per heavy atom. The van der Waals surface area contributed by atoms with Crippen molar-refractivity contribution in [1.29, 1.82) is 0 Å². The zero-order valence-electron chi connectivity index (χ0n) is 11.0. The summed E-state index contributed by atoms with van der Waals surface area (Å²) < 4.78 is 29.3. The van der Waals surface area contributed by atoms with Crippen LogP contribution in [-0.2, 0) is 6.61 Å². The van der Waals surface area contributed by atoms with Crippen molar-refractivity contribution < 1.29 is 28.6 Å². The third kappa shape index (κ3) is 3.09. The van der Waals surface area contributed by atoms with Gasteiger partial charge >= 0.3 is 7.12 Å². The summed E-state index contributed by atoms with van der Waals surface area (Å²) in [6, 6.07) is 8.94. The molecule has 0 saturated carbocycles. The van der Waals surface area contributed by atoms with Gasteiger partial charge in [-0.2, -0.15) is 0 Å². The third-order valence-electron chi connectivity index (χ3n) is 3.03. The van der Waals surface area contributed by atoms with Crippen molar-refractivity contribution in [2.24, 2.45) is 0 Å². The van der Waals surface area contributed by atoms with Crippen LogP contribution in [0.2, 0.25) is 0 Å². The number of hydrogen-bond acceptors (Lipinski definition) is 5. The maximum Gasteiger partial charge on any atom is 0.488 e. The van der Waals surface area contributed by atoms with Gasteiger partial charge in [-0.25, -0.2) is 4.39 Å². The van der Waals surface area contributed by atoms with E-state index in [1.807, 2.05) is 0 Å². The highest BCUT2D eigenvalue weighted by atomic mass is 19.1. The molecule has 1 heterocycles. The first kappa shape index (κ1) is 13.7. The highest BCUT2D eigenvalue weighted by molar-refractivity contribution is 6.58. The van der Waals surface area contributed by atoms with Crippen LogP contribution in [0.25, 0.3) is 0 Å². The molecule has 0 atom stereocenters. The molecule has 0 unspecified atom stereocenters.